The summed E-state index contributed by atoms with van der Waals surface area (Å²) < 4.78 is 5.74. The van der Waals surface area contributed by atoms with Gasteiger partial charge in [0.15, 0.2) is 0 Å². The number of hydrogen-bond acceptors (Lipinski definition) is 3. The summed E-state index contributed by atoms with van der Waals surface area (Å²) in [4.78, 5) is 0. The lowest BCUT2D eigenvalue weighted by Gasteiger charge is -2.22. The predicted molar refractivity (Wildman–Crippen MR) is 65.7 cm³/mol. The standard InChI is InChI=1S/C13H21NO2/c1-13(2,3)16-11-7-5-6-10(8-11)12(15)9-14-4/h5-8,12,14-15H,9H2,1-4H3/t12-/m0/s1. The van der Waals surface area contributed by atoms with E-state index in [0.29, 0.717) is 6.54 Å². The predicted octanol–water partition coefficient (Wildman–Crippen LogP) is 2.12. The molecule has 0 aliphatic carbocycles. The summed E-state index contributed by atoms with van der Waals surface area (Å²) in [6.07, 6.45) is -0.492. The Hall–Kier alpha value is -1.06. The highest BCUT2D eigenvalue weighted by Gasteiger charge is 2.13. The molecule has 90 valence electrons. The van der Waals surface area contributed by atoms with Crippen LogP contribution in [0.5, 0.6) is 5.75 Å². The van der Waals surface area contributed by atoms with Crippen LogP contribution in [0.2, 0.25) is 0 Å². The summed E-state index contributed by atoms with van der Waals surface area (Å²) in [5.41, 5.74) is 0.656. The van der Waals surface area contributed by atoms with Gasteiger partial charge < -0.3 is 15.2 Å². The van der Waals surface area contributed by atoms with Crippen molar-refractivity contribution in [3.63, 3.8) is 0 Å². The zero-order valence-electron chi connectivity index (χ0n) is 10.4. The van der Waals surface area contributed by atoms with Crippen LogP contribution < -0.4 is 10.1 Å². The lowest BCUT2D eigenvalue weighted by Crippen LogP contribution is -2.23. The lowest BCUT2D eigenvalue weighted by molar-refractivity contribution is 0.129. The van der Waals surface area contributed by atoms with Crippen molar-refractivity contribution in [2.24, 2.45) is 0 Å². The Bertz CT molecular complexity index is 331. The quantitative estimate of drug-likeness (QED) is 0.821. The number of aliphatic hydroxyl groups excluding tert-OH is 1. The first-order valence-corrected chi connectivity index (χ1v) is 5.54. The second-order valence-corrected chi connectivity index (χ2v) is 4.86. The minimum Gasteiger partial charge on any atom is -0.488 e. The Balaban J connectivity index is 2.78. The molecule has 0 saturated carbocycles. The van der Waals surface area contributed by atoms with Crippen molar-refractivity contribution in [1.82, 2.24) is 5.32 Å². The molecule has 0 radical (unpaired) electrons. The van der Waals surface area contributed by atoms with Crippen molar-refractivity contribution in [1.29, 1.82) is 0 Å². The van der Waals surface area contributed by atoms with E-state index in [0.717, 1.165) is 11.3 Å². The average Bonchev–Trinajstić information content (AvgIpc) is 2.16. The van der Waals surface area contributed by atoms with Crippen LogP contribution in [0.4, 0.5) is 0 Å². The smallest absolute Gasteiger partial charge is 0.120 e. The van der Waals surface area contributed by atoms with Gasteiger partial charge in [-0.15, -0.1) is 0 Å². The molecule has 16 heavy (non-hydrogen) atoms. The molecule has 1 aromatic carbocycles. The third kappa shape index (κ3) is 4.21. The van der Waals surface area contributed by atoms with E-state index in [4.69, 9.17) is 4.74 Å². The first kappa shape index (κ1) is 13.0. The summed E-state index contributed by atoms with van der Waals surface area (Å²) in [7, 11) is 1.82. The van der Waals surface area contributed by atoms with E-state index in [1.165, 1.54) is 0 Å². The molecule has 0 unspecified atom stereocenters. The van der Waals surface area contributed by atoms with Crippen molar-refractivity contribution in [2.45, 2.75) is 32.5 Å². The highest BCUT2D eigenvalue weighted by molar-refractivity contribution is 5.30. The molecule has 0 saturated heterocycles. The summed E-state index contributed by atoms with van der Waals surface area (Å²) >= 11 is 0. The van der Waals surface area contributed by atoms with E-state index < -0.39 is 6.10 Å². The number of rotatable bonds is 4. The molecule has 2 N–H and O–H groups in total. The molecule has 3 heteroatoms. The fourth-order valence-corrected chi connectivity index (χ4v) is 1.45. The van der Waals surface area contributed by atoms with Gasteiger partial charge in [0.1, 0.15) is 11.4 Å². The van der Waals surface area contributed by atoms with E-state index in [-0.39, 0.29) is 5.60 Å². The molecule has 0 heterocycles. The van der Waals surface area contributed by atoms with Crippen molar-refractivity contribution >= 4 is 0 Å². The molecule has 1 aromatic rings. The van der Waals surface area contributed by atoms with Crippen LogP contribution in [-0.2, 0) is 0 Å². The Morgan fingerprint density at radius 3 is 2.62 bits per heavy atom. The van der Waals surface area contributed by atoms with Gasteiger partial charge in [0, 0.05) is 6.54 Å². The average molecular weight is 223 g/mol. The first-order valence-electron chi connectivity index (χ1n) is 5.54. The van der Waals surface area contributed by atoms with Crippen molar-refractivity contribution in [3.05, 3.63) is 29.8 Å². The molecule has 0 aromatic heterocycles. The monoisotopic (exact) mass is 223 g/mol. The fourth-order valence-electron chi connectivity index (χ4n) is 1.45. The number of nitrogens with one attached hydrogen (secondary N) is 1. The molecule has 1 rings (SSSR count). The largest absolute Gasteiger partial charge is 0.488 e. The highest BCUT2D eigenvalue weighted by atomic mass is 16.5. The van der Waals surface area contributed by atoms with E-state index in [2.05, 4.69) is 5.32 Å². The van der Waals surface area contributed by atoms with Crippen molar-refractivity contribution in [2.75, 3.05) is 13.6 Å². The Kier molecular flexibility index (Phi) is 4.33. The lowest BCUT2D eigenvalue weighted by atomic mass is 10.1. The van der Waals surface area contributed by atoms with E-state index in [1.54, 1.807) is 0 Å². The van der Waals surface area contributed by atoms with Crippen molar-refractivity contribution in [3.8, 4) is 5.75 Å². The molecular formula is C13H21NO2. The summed E-state index contributed by atoms with van der Waals surface area (Å²) in [5.74, 6) is 0.792. The molecule has 0 aliphatic rings. The van der Waals surface area contributed by atoms with Gasteiger partial charge in [-0.25, -0.2) is 0 Å². The molecule has 1 atom stereocenters. The maximum Gasteiger partial charge on any atom is 0.120 e. The van der Waals surface area contributed by atoms with Crippen LogP contribution in [0, 0.1) is 0 Å². The molecule has 0 spiro atoms. The van der Waals surface area contributed by atoms with Gasteiger partial charge in [-0.05, 0) is 45.5 Å². The summed E-state index contributed by atoms with van der Waals surface area (Å²) in [5, 5.41) is 12.8. The normalized spacial score (nSPS) is 13.6. The molecule has 3 nitrogen and oxygen atoms in total. The number of ether oxygens (including phenoxy) is 1. The Morgan fingerprint density at radius 2 is 2.06 bits per heavy atom. The maximum absolute atomic E-state index is 9.83. The Morgan fingerprint density at radius 1 is 1.38 bits per heavy atom. The van der Waals surface area contributed by atoms with Crippen LogP contribution >= 0.6 is 0 Å². The highest BCUT2D eigenvalue weighted by Crippen LogP contribution is 2.22. The topological polar surface area (TPSA) is 41.5 Å². The number of aliphatic hydroxyl groups is 1. The van der Waals surface area contributed by atoms with Crippen molar-refractivity contribution < 1.29 is 9.84 Å². The van der Waals surface area contributed by atoms with Crippen LogP contribution in [0.1, 0.15) is 32.4 Å². The third-order valence-corrected chi connectivity index (χ3v) is 2.06. The van der Waals surface area contributed by atoms with Gasteiger partial charge in [0.2, 0.25) is 0 Å². The van der Waals surface area contributed by atoms with E-state index in [9.17, 15) is 5.11 Å². The van der Waals surface area contributed by atoms with Gasteiger partial charge >= 0.3 is 0 Å². The SMILES string of the molecule is CNC[C@H](O)c1cccc(OC(C)(C)C)c1. The molecule has 0 amide bonds. The number of likely N-dealkylation sites (N-methyl/N-ethyl adjacent to an activating group) is 1. The fraction of sp³-hybridized carbons (Fsp3) is 0.538. The molecular weight excluding hydrogens is 202 g/mol. The van der Waals surface area contributed by atoms with Gasteiger partial charge in [-0.1, -0.05) is 12.1 Å². The zero-order chi connectivity index (χ0) is 12.2. The van der Waals surface area contributed by atoms with Crippen LogP contribution in [0.25, 0.3) is 0 Å². The van der Waals surface area contributed by atoms with Crippen LogP contribution in [-0.4, -0.2) is 24.3 Å². The number of benzene rings is 1. The van der Waals surface area contributed by atoms with Crippen LogP contribution in [0.3, 0.4) is 0 Å². The van der Waals surface area contributed by atoms with Gasteiger partial charge in [0.05, 0.1) is 6.10 Å². The molecule has 0 bridgehead atoms. The van der Waals surface area contributed by atoms with E-state index >= 15 is 0 Å². The summed E-state index contributed by atoms with van der Waals surface area (Å²) in [6.45, 7) is 6.55. The van der Waals surface area contributed by atoms with Gasteiger partial charge in [-0.2, -0.15) is 0 Å². The molecule has 0 fully saturated rings. The number of hydrogen-bond donors (Lipinski definition) is 2. The second-order valence-electron chi connectivity index (χ2n) is 4.86. The third-order valence-electron chi connectivity index (χ3n) is 2.06. The van der Waals surface area contributed by atoms with Crippen LogP contribution in [0.15, 0.2) is 24.3 Å². The molecule has 0 aliphatic heterocycles. The maximum atomic E-state index is 9.83. The Labute approximate surface area is 97.4 Å². The van der Waals surface area contributed by atoms with E-state index in [1.807, 2.05) is 52.1 Å². The first-order chi connectivity index (χ1) is 7.42. The minimum atomic E-state index is -0.492. The van der Waals surface area contributed by atoms with Gasteiger partial charge in [0.25, 0.3) is 0 Å². The van der Waals surface area contributed by atoms with Gasteiger partial charge in [-0.3, -0.25) is 0 Å². The summed E-state index contributed by atoms with van der Waals surface area (Å²) in [6, 6.07) is 7.58. The second kappa shape index (κ2) is 5.32. The zero-order valence-corrected chi connectivity index (χ0v) is 10.4. The minimum absolute atomic E-state index is 0.216.